The van der Waals surface area contributed by atoms with Gasteiger partial charge in [0, 0.05) is 51.4 Å². The number of aromatic nitrogens is 2. The smallest absolute Gasteiger partial charge is 0.247 e. The van der Waals surface area contributed by atoms with Crippen LogP contribution in [0.25, 0.3) is 0 Å². The van der Waals surface area contributed by atoms with Crippen LogP contribution in [0.15, 0.2) is 55.3 Å². The molecule has 0 spiro atoms. The third-order valence-electron chi connectivity index (χ3n) is 8.09. The second-order valence-electron chi connectivity index (χ2n) is 11.4. The molecule has 5 rings (SSSR count). The highest BCUT2D eigenvalue weighted by Gasteiger charge is 2.28. The lowest BCUT2D eigenvalue weighted by atomic mass is 10.0. The van der Waals surface area contributed by atoms with Gasteiger partial charge in [-0.15, -0.1) is 0 Å². The van der Waals surface area contributed by atoms with Gasteiger partial charge in [-0.2, -0.15) is 4.98 Å². The molecule has 1 amide bonds. The molecule has 2 aliphatic heterocycles. The number of likely N-dealkylation sites (N-methyl/N-ethyl adjacent to an activating group) is 1. The molecule has 2 fully saturated rings. The number of hydrogen-bond acceptors (Lipinski definition) is 11. The topological polar surface area (TPSA) is 144 Å². The average molecular weight is 670 g/mol. The van der Waals surface area contributed by atoms with Crippen LogP contribution >= 0.6 is 11.6 Å². The lowest BCUT2D eigenvalue weighted by Gasteiger charge is -2.43. The van der Waals surface area contributed by atoms with Gasteiger partial charge in [0.1, 0.15) is 10.8 Å². The SMILES string of the molecule is C=CC(=O)Nc1cc(Nc2ncc(Cl)c(Nc3ccccc3NS(C)(=O)=O)n2)c(OC)cc1N1CCC(N2CCN(C)CC2)CC1. The number of methoxy groups -OCH3 is 1. The number of nitrogens with one attached hydrogen (secondary N) is 4. The number of piperidine rings is 1. The normalized spacial score (nSPS) is 16.5. The Morgan fingerprint density at radius 1 is 1.02 bits per heavy atom. The number of ether oxygens (including phenoxy) is 1. The molecule has 13 nitrogen and oxygen atoms in total. The van der Waals surface area contributed by atoms with Gasteiger partial charge in [-0.3, -0.25) is 14.4 Å². The van der Waals surface area contributed by atoms with Crippen LogP contribution in [0, 0.1) is 0 Å². The van der Waals surface area contributed by atoms with Gasteiger partial charge in [0.2, 0.25) is 21.9 Å². The summed E-state index contributed by atoms with van der Waals surface area (Å²) in [4.78, 5) is 28.6. The van der Waals surface area contributed by atoms with E-state index < -0.39 is 10.0 Å². The summed E-state index contributed by atoms with van der Waals surface area (Å²) in [5, 5.41) is 9.44. The predicted molar refractivity (Wildman–Crippen MR) is 185 cm³/mol. The Kier molecular flexibility index (Phi) is 10.5. The summed E-state index contributed by atoms with van der Waals surface area (Å²) in [5.74, 6) is 0.644. The number of anilines is 7. The van der Waals surface area contributed by atoms with E-state index >= 15 is 0 Å². The van der Waals surface area contributed by atoms with Crippen molar-refractivity contribution in [2.24, 2.45) is 0 Å². The van der Waals surface area contributed by atoms with Gasteiger partial charge in [0.15, 0.2) is 5.82 Å². The monoisotopic (exact) mass is 669 g/mol. The zero-order chi connectivity index (χ0) is 32.8. The molecule has 0 saturated carbocycles. The summed E-state index contributed by atoms with van der Waals surface area (Å²) in [6.45, 7) is 9.65. The van der Waals surface area contributed by atoms with E-state index in [0.717, 1.165) is 64.1 Å². The van der Waals surface area contributed by atoms with Crippen molar-refractivity contribution in [3.8, 4) is 5.75 Å². The van der Waals surface area contributed by atoms with Crippen LogP contribution in [-0.4, -0.2) is 99.8 Å². The largest absolute Gasteiger partial charge is 0.494 e. The molecule has 3 aromatic rings. The number of carbonyl (C=O) groups excluding carboxylic acids is 1. The van der Waals surface area contributed by atoms with Crippen molar-refractivity contribution in [2.45, 2.75) is 18.9 Å². The minimum absolute atomic E-state index is 0.195. The van der Waals surface area contributed by atoms with Crippen molar-refractivity contribution in [2.75, 3.05) is 85.3 Å². The number of piperazine rings is 1. The molecule has 1 aromatic heterocycles. The Hall–Kier alpha value is -4.11. The number of nitrogens with zero attached hydrogens (tertiary/aromatic N) is 5. The fourth-order valence-corrected chi connectivity index (χ4v) is 6.40. The van der Waals surface area contributed by atoms with Crippen molar-refractivity contribution < 1.29 is 17.9 Å². The first-order valence-corrected chi connectivity index (χ1v) is 17.3. The molecule has 0 aliphatic carbocycles. The first kappa shape index (κ1) is 33.3. The number of halogens is 1. The zero-order valence-electron chi connectivity index (χ0n) is 26.2. The molecule has 2 saturated heterocycles. The zero-order valence-corrected chi connectivity index (χ0v) is 27.8. The van der Waals surface area contributed by atoms with E-state index in [-0.39, 0.29) is 22.7 Å². The first-order chi connectivity index (χ1) is 22.0. The Morgan fingerprint density at radius 3 is 2.37 bits per heavy atom. The van der Waals surface area contributed by atoms with Gasteiger partial charge in [0.05, 0.1) is 48.0 Å². The Balaban J connectivity index is 1.38. The van der Waals surface area contributed by atoms with Gasteiger partial charge in [0.25, 0.3) is 0 Å². The van der Waals surface area contributed by atoms with Gasteiger partial charge < -0.3 is 30.5 Å². The van der Waals surface area contributed by atoms with Crippen molar-refractivity contribution in [3.63, 3.8) is 0 Å². The summed E-state index contributed by atoms with van der Waals surface area (Å²) in [6, 6.07) is 11.0. The average Bonchev–Trinajstić information content (AvgIpc) is 3.03. The van der Waals surface area contributed by atoms with Crippen molar-refractivity contribution in [1.29, 1.82) is 0 Å². The van der Waals surface area contributed by atoms with Crippen LogP contribution in [0.1, 0.15) is 12.8 Å². The van der Waals surface area contributed by atoms with Gasteiger partial charge in [-0.25, -0.2) is 13.4 Å². The molecule has 0 radical (unpaired) electrons. The molecule has 3 heterocycles. The molecule has 0 bridgehead atoms. The third kappa shape index (κ3) is 8.37. The van der Waals surface area contributed by atoms with E-state index in [0.29, 0.717) is 34.5 Å². The Morgan fingerprint density at radius 2 is 1.72 bits per heavy atom. The van der Waals surface area contributed by atoms with E-state index in [1.54, 1.807) is 37.4 Å². The highest BCUT2D eigenvalue weighted by atomic mass is 35.5. The lowest BCUT2D eigenvalue weighted by molar-refractivity contribution is -0.111. The maximum absolute atomic E-state index is 12.5. The fourth-order valence-electron chi connectivity index (χ4n) is 5.68. The van der Waals surface area contributed by atoms with Crippen LogP contribution in [-0.2, 0) is 14.8 Å². The second-order valence-corrected chi connectivity index (χ2v) is 13.5. The van der Waals surface area contributed by atoms with Crippen LogP contribution < -0.4 is 30.3 Å². The van der Waals surface area contributed by atoms with Crippen molar-refractivity contribution in [3.05, 3.63) is 60.3 Å². The highest BCUT2D eigenvalue weighted by molar-refractivity contribution is 7.92. The van der Waals surface area contributed by atoms with E-state index in [1.165, 1.54) is 12.3 Å². The van der Waals surface area contributed by atoms with Gasteiger partial charge in [-0.05, 0) is 44.2 Å². The van der Waals surface area contributed by atoms with Gasteiger partial charge in [-0.1, -0.05) is 30.3 Å². The van der Waals surface area contributed by atoms with E-state index in [4.69, 9.17) is 16.3 Å². The summed E-state index contributed by atoms with van der Waals surface area (Å²) < 4.78 is 32.0. The quantitative estimate of drug-likeness (QED) is 0.217. The second kappa shape index (κ2) is 14.5. The summed E-state index contributed by atoms with van der Waals surface area (Å²) >= 11 is 6.42. The summed E-state index contributed by atoms with van der Waals surface area (Å²) in [6.07, 6.45) is 5.79. The third-order valence-corrected chi connectivity index (χ3v) is 8.95. The van der Waals surface area contributed by atoms with Gasteiger partial charge >= 0.3 is 0 Å². The maximum Gasteiger partial charge on any atom is 0.247 e. The van der Waals surface area contributed by atoms with E-state index in [2.05, 4.69) is 59.0 Å². The first-order valence-electron chi connectivity index (χ1n) is 15.0. The molecular formula is C31H40ClN9O4S. The molecule has 15 heteroatoms. The highest BCUT2D eigenvalue weighted by Crippen LogP contribution is 2.40. The molecule has 2 aromatic carbocycles. The molecule has 246 valence electrons. The number of amides is 1. The molecule has 46 heavy (non-hydrogen) atoms. The predicted octanol–water partition coefficient (Wildman–Crippen LogP) is 4.34. The molecular weight excluding hydrogens is 630 g/mol. The minimum Gasteiger partial charge on any atom is -0.494 e. The molecule has 2 aliphatic rings. The Labute approximate surface area is 275 Å². The fraction of sp³-hybridized carbons (Fsp3) is 0.387. The summed E-state index contributed by atoms with van der Waals surface area (Å²) in [7, 11) is 0.224. The standard InChI is InChI=1S/C31H40ClN9O4S/c1-5-29(42)34-25-18-26(28(45-3)19-27(25)41-12-10-21(11-13-41)40-16-14-39(2)15-17-40)36-31-33-20-22(32)30(37-31)35-23-8-6-7-9-24(23)38-46(4,43)44/h5-9,18-21,38H,1,10-17H2,2-4H3,(H,34,42)(H2,33,35,36,37). The number of para-hydroxylation sites is 2. The van der Waals surface area contributed by atoms with Crippen molar-refractivity contribution >= 4 is 67.7 Å². The maximum atomic E-state index is 12.5. The van der Waals surface area contributed by atoms with Crippen molar-refractivity contribution in [1.82, 2.24) is 19.8 Å². The lowest BCUT2D eigenvalue weighted by Crippen LogP contribution is -2.52. The van der Waals surface area contributed by atoms with E-state index in [9.17, 15) is 13.2 Å². The number of hydrogen-bond donors (Lipinski definition) is 4. The molecule has 4 N–H and O–H groups in total. The summed E-state index contributed by atoms with van der Waals surface area (Å²) in [5.41, 5.74) is 2.75. The van der Waals surface area contributed by atoms with Crippen LogP contribution in [0.4, 0.5) is 40.2 Å². The number of sulfonamides is 1. The minimum atomic E-state index is -3.52. The number of benzene rings is 2. The molecule has 0 unspecified atom stereocenters. The van der Waals surface area contributed by atoms with E-state index in [1.807, 2.05) is 6.07 Å². The number of rotatable bonds is 11. The van der Waals surface area contributed by atoms with Crippen LogP contribution in [0.3, 0.4) is 0 Å². The van der Waals surface area contributed by atoms with Crippen LogP contribution in [0.2, 0.25) is 5.02 Å². The number of carbonyl (C=O) groups is 1. The van der Waals surface area contributed by atoms with Crippen LogP contribution in [0.5, 0.6) is 5.75 Å². The Bertz CT molecular complexity index is 1670. The molecule has 0 atom stereocenters.